The van der Waals surface area contributed by atoms with Crippen LogP contribution in [-0.4, -0.2) is 55.4 Å². The van der Waals surface area contributed by atoms with Crippen LogP contribution in [0.1, 0.15) is 19.8 Å². The average molecular weight is 221 g/mol. The lowest BCUT2D eigenvalue weighted by Crippen LogP contribution is -2.21. The highest BCUT2D eigenvalue weighted by Crippen LogP contribution is 2.04. The van der Waals surface area contributed by atoms with Crippen LogP contribution >= 0.6 is 0 Å². The molecule has 0 radical (unpaired) electrons. The van der Waals surface area contributed by atoms with E-state index in [4.69, 9.17) is 13.3 Å². The van der Waals surface area contributed by atoms with Crippen LogP contribution in [0.5, 0.6) is 0 Å². The second kappa shape index (κ2) is 9.61. The van der Waals surface area contributed by atoms with Crippen LogP contribution in [0.2, 0.25) is 0 Å². The quantitative estimate of drug-likeness (QED) is 0.489. The minimum absolute atomic E-state index is 1.34. The highest BCUT2D eigenvalue weighted by Gasteiger charge is 2.14. The first kappa shape index (κ1) is 14.1. The summed E-state index contributed by atoms with van der Waals surface area (Å²) in [5.74, 6) is 0. The summed E-state index contributed by atoms with van der Waals surface area (Å²) in [5, 5.41) is 0. The Morgan fingerprint density at radius 2 is 1.57 bits per heavy atom. The lowest BCUT2D eigenvalue weighted by molar-refractivity contribution is 0.163. The Morgan fingerprint density at radius 1 is 1.07 bits per heavy atom. The first-order valence-corrected chi connectivity index (χ1v) is 6.50. The lowest BCUT2D eigenvalue weighted by atomic mass is 10.3. The largest absolute Gasteiger partial charge is 0.483 e. The molecule has 0 aromatic rings. The van der Waals surface area contributed by atoms with Crippen molar-refractivity contribution in [2.75, 3.05) is 41.0 Å². The fourth-order valence-corrected chi connectivity index (χ4v) is 1.54. The van der Waals surface area contributed by atoms with Crippen LogP contribution in [0.25, 0.3) is 0 Å². The van der Waals surface area contributed by atoms with Crippen molar-refractivity contribution in [3.63, 3.8) is 0 Å². The maximum absolute atomic E-state index is 4.74. The monoisotopic (exact) mass is 221 g/mol. The van der Waals surface area contributed by atoms with E-state index in [1.807, 2.05) is 0 Å². The fraction of sp³-hybridized carbons (Fsp3) is 1.00. The third kappa shape index (κ3) is 8.65. The van der Waals surface area contributed by atoms with Crippen molar-refractivity contribution in [2.24, 2.45) is 0 Å². The van der Waals surface area contributed by atoms with Gasteiger partial charge >= 0.3 is 9.53 Å². The van der Waals surface area contributed by atoms with Crippen molar-refractivity contribution in [3.05, 3.63) is 0 Å². The Hall–Kier alpha value is 0.0569. The standard InChI is InChI=1S/C6H13N.C3H10O3Si/c1-2-3-4-7-5-6-7;1-4-7(5-2)6-3/h2-6H2,1H3;7H,1-3H3. The molecule has 14 heavy (non-hydrogen) atoms. The Balaban J connectivity index is 0.000000241. The van der Waals surface area contributed by atoms with Crippen LogP contribution in [0.4, 0.5) is 0 Å². The van der Waals surface area contributed by atoms with E-state index >= 15 is 0 Å². The van der Waals surface area contributed by atoms with Gasteiger partial charge in [0.25, 0.3) is 0 Å². The van der Waals surface area contributed by atoms with Crippen LogP contribution in [-0.2, 0) is 13.3 Å². The maximum Gasteiger partial charge on any atom is 0.483 e. The zero-order valence-corrected chi connectivity index (χ0v) is 10.9. The SMILES string of the molecule is CCCCN1CC1.CO[SiH](OC)OC. The Kier molecular flexibility index (Phi) is 9.64. The molecule has 1 saturated heterocycles. The third-order valence-electron chi connectivity index (χ3n) is 1.95. The summed E-state index contributed by atoms with van der Waals surface area (Å²) < 4.78 is 14.2. The first-order chi connectivity index (χ1) is 6.78. The summed E-state index contributed by atoms with van der Waals surface area (Å²) >= 11 is 0. The number of hydrogen-bond acceptors (Lipinski definition) is 4. The molecule has 0 aliphatic carbocycles. The first-order valence-electron chi connectivity index (χ1n) is 5.09. The molecule has 0 atom stereocenters. The summed E-state index contributed by atoms with van der Waals surface area (Å²) in [5.41, 5.74) is 0. The highest BCUT2D eigenvalue weighted by atomic mass is 28.3. The van der Waals surface area contributed by atoms with Gasteiger partial charge in [0, 0.05) is 34.4 Å². The molecular weight excluding hydrogens is 198 g/mol. The molecule has 1 fully saturated rings. The minimum atomic E-state index is -1.67. The van der Waals surface area contributed by atoms with Crippen molar-refractivity contribution in [1.29, 1.82) is 0 Å². The topological polar surface area (TPSA) is 30.7 Å². The van der Waals surface area contributed by atoms with Crippen LogP contribution in [0, 0.1) is 0 Å². The van der Waals surface area contributed by atoms with Crippen molar-refractivity contribution in [2.45, 2.75) is 19.8 Å². The minimum Gasteiger partial charge on any atom is -0.379 e. The third-order valence-corrected chi connectivity index (χ3v) is 3.10. The average Bonchev–Trinajstić information content (AvgIpc) is 3.02. The van der Waals surface area contributed by atoms with Crippen molar-refractivity contribution < 1.29 is 13.3 Å². The summed E-state index contributed by atoms with van der Waals surface area (Å²) in [6.45, 7) is 6.31. The van der Waals surface area contributed by atoms with Gasteiger partial charge in [0.1, 0.15) is 0 Å². The van der Waals surface area contributed by atoms with E-state index in [2.05, 4.69) is 11.8 Å². The van der Waals surface area contributed by atoms with Gasteiger partial charge in [-0.3, -0.25) is 0 Å². The number of rotatable bonds is 6. The molecule has 1 aliphatic heterocycles. The van der Waals surface area contributed by atoms with Crippen molar-refractivity contribution in [1.82, 2.24) is 4.90 Å². The molecule has 0 saturated carbocycles. The summed E-state index contributed by atoms with van der Waals surface area (Å²) in [6.07, 6.45) is 2.73. The molecule has 5 heteroatoms. The summed E-state index contributed by atoms with van der Waals surface area (Å²) in [4.78, 5) is 2.46. The highest BCUT2D eigenvalue weighted by molar-refractivity contribution is 6.36. The van der Waals surface area contributed by atoms with E-state index in [9.17, 15) is 0 Å². The van der Waals surface area contributed by atoms with Crippen LogP contribution in [0.15, 0.2) is 0 Å². The zero-order valence-electron chi connectivity index (χ0n) is 9.78. The van der Waals surface area contributed by atoms with E-state index in [1.165, 1.54) is 32.5 Å². The van der Waals surface area contributed by atoms with Gasteiger partial charge in [-0.2, -0.15) is 0 Å². The molecular formula is C9H23NO3Si. The van der Waals surface area contributed by atoms with Gasteiger partial charge in [-0.15, -0.1) is 0 Å². The van der Waals surface area contributed by atoms with Crippen LogP contribution < -0.4 is 0 Å². The second-order valence-electron chi connectivity index (χ2n) is 3.19. The molecule has 0 unspecified atom stereocenters. The van der Waals surface area contributed by atoms with Crippen molar-refractivity contribution in [3.8, 4) is 0 Å². The summed E-state index contributed by atoms with van der Waals surface area (Å²) in [7, 11) is 3.05. The molecule has 0 N–H and O–H groups in total. The van der Waals surface area contributed by atoms with E-state index < -0.39 is 9.53 Å². The molecule has 1 aliphatic rings. The molecule has 0 aromatic heterocycles. The predicted molar refractivity (Wildman–Crippen MR) is 59.5 cm³/mol. The molecule has 0 spiro atoms. The fourth-order valence-electron chi connectivity index (χ4n) is 0.965. The normalized spacial score (nSPS) is 15.2. The Labute approximate surface area is 89.1 Å². The predicted octanol–water partition coefficient (Wildman–Crippen LogP) is 0.745. The van der Waals surface area contributed by atoms with Gasteiger partial charge in [-0.05, 0) is 13.0 Å². The van der Waals surface area contributed by atoms with Gasteiger partial charge < -0.3 is 18.2 Å². The van der Waals surface area contributed by atoms with Gasteiger partial charge in [-0.25, -0.2) is 0 Å². The maximum atomic E-state index is 4.74. The van der Waals surface area contributed by atoms with E-state index in [-0.39, 0.29) is 0 Å². The molecule has 0 bridgehead atoms. The number of nitrogens with zero attached hydrogens (tertiary/aromatic N) is 1. The zero-order chi connectivity index (χ0) is 10.8. The van der Waals surface area contributed by atoms with Gasteiger partial charge in [0.05, 0.1) is 0 Å². The second-order valence-corrected chi connectivity index (χ2v) is 5.18. The molecule has 0 amide bonds. The molecule has 86 valence electrons. The molecule has 1 rings (SSSR count). The van der Waals surface area contributed by atoms with Crippen molar-refractivity contribution >= 4 is 9.53 Å². The molecule has 1 heterocycles. The Bertz CT molecular complexity index is 113. The van der Waals surface area contributed by atoms with E-state index in [0.29, 0.717) is 0 Å². The van der Waals surface area contributed by atoms with Gasteiger partial charge in [0.15, 0.2) is 0 Å². The number of hydrogen-bond donors (Lipinski definition) is 0. The van der Waals surface area contributed by atoms with E-state index in [0.717, 1.165) is 0 Å². The van der Waals surface area contributed by atoms with Gasteiger partial charge in [-0.1, -0.05) is 13.3 Å². The van der Waals surface area contributed by atoms with Crippen LogP contribution in [0.3, 0.4) is 0 Å². The van der Waals surface area contributed by atoms with Gasteiger partial charge in [0.2, 0.25) is 0 Å². The lowest BCUT2D eigenvalue weighted by Gasteiger charge is -2.05. The molecule has 4 nitrogen and oxygen atoms in total. The van der Waals surface area contributed by atoms with E-state index in [1.54, 1.807) is 21.3 Å². The summed E-state index contributed by atoms with van der Waals surface area (Å²) in [6, 6.07) is 0. The molecule has 0 aromatic carbocycles. The Morgan fingerprint density at radius 3 is 1.79 bits per heavy atom. The smallest absolute Gasteiger partial charge is 0.379 e. The number of unbranched alkanes of at least 4 members (excludes halogenated alkanes) is 1.